The van der Waals surface area contributed by atoms with Crippen molar-refractivity contribution < 1.29 is 23.5 Å². The average molecular weight is 637 g/mol. The lowest BCUT2D eigenvalue weighted by Crippen LogP contribution is -2.44. The van der Waals surface area contributed by atoms with Crippen molar-refractivity contribution in [2.75, 3.05) is 11.9 Å². The Hall–Kier alpha value is -4.54. The Kier molecular flexibility index (Phi) is 8.85. The van der Waals surface area contributed by atoms with Gasteiger partial charge in [0.05, 0.1) is 22.5 Å². The second-order valence-corrected chi connectivity index (χ2v) is 11.9. The van der Waals surface area contributed by atoms with Crippen LogP contribution in [0.2, 0.25) is 10.2 Å². The van der Waals surface area contributed by atoms with Crippen LogP contribution < -0.4 is 5.32 Å². The number of nitrogens with zero attached hydrogens (tertiary/aromatic N) is 4. The van der Waals surface area contributed by atoms with Gasteiger partial charge < -0.3 is 15.0 Å². The van der Waals surface area contributed by atoms with Crippen molar-refractivity contribution in [2.45, 2.75) is 38.8 Å². The molecule has 1 aliphatic rings. The summed E-state index contributed by atoms with van der Waals surface area (Å²) in [6.07, 6.45) is 4.41. The van der Waals surface area contributed by atoms with E-state index in [1.807, 2.05) is 12.1 Å². The summed E-state index contributed by atoms with van der Waals surface area (Å²) in [5, 5.41) is 10.4. The predicted molar refractivity (Wildman–Crippen MR) is 165 cm³/mol. The summed E-state index contributed by atoms with van der Waals surface area (Å²) < 4.78 is 21.8. The summed E-state index contributed by atoms with van der Waals surface area (Å²) in [6.45, 7) is 5.59. The highest BCUT2D eigenvalue weighted by molar-refractivity contribution is 6.31. The number of fused-ring (bicyclic) bond motifs is 1. The molecule has 0 saturated carbocycles. The van der Waals surface area contributed by atoms with Crippen LogP contribution in [0.4, 0.5) is 10.1 Å². The first kappa shape index (κ1) is 30.9. The molecule has 2 heterocycles. The van der Waals surface area contributed by atoms with Crippen LogP contribution in [0.5, 0.6) is 0 Å². The molecule has 1 aromatic heterocycles. The van der Waals surface area contributed by atoms with E-state index in [2.05, 4.69) is 15.6 Å². The van der Waals surface area contributed by atoms with Crippen LogP contribution in [-0.2, 0) is 20.7 Å². The molecular weight excluding hydrogens is 608 g/mol. The summed E-state index contributed by atoms with van der Waals surface area (Å²) in [5.74, 6) is -2.20. The molecule has 4 aromatic rings. The molecule has 0 radical (unpaired) electrons. The lowest BCUT2D eigenvalue weighted by Gasteiger charge is -2.35. The van der Waals surface area contributed by atoms with Crippen LogP contribution in [-0.4, -0.2) is 49.8 Å². The summed E-state index contributed by atoms with van der Waals surface area (Å²) in [5.41, 5.74) is 2.00. The van der Waals surface area contributed by atoms with Crippen LogP contribution in [0.25, 0.3) is 11.8 Å². The third-order valence-corrected chi connectivity index (χ3v) is 7.28. The van der Waals surface area contributed by atoms with E-state index in [4.69, 9.17) is 27.9 Å². The minimum atomic E-state index is -0.972. The molecule has 5 rings (SSSR count). The number of anilines is 1. The number of esters is 1. The Bertz CT molecular complexity index is 1770. The van der Waals surface area contributed by atoms with Crippen molar-refractivity contribution in [1.82, 2.24) is 19.9 Å². The minimum absolute atomic E-state index is 0.00379. The lowest BCUT2D eigenvalue weighted by molar-refractivity contribution is -0.135. The number of carbonyl (C=O) groups excluding carboxylic acids is 3. The first-order chi connectivity index (χ1) is 20.9. The molecule has 12 heteroatoms. The summed E-state index contributed by atoms with van der Waals surface area (Å²) in [6, 6.07) is 15.6. The molecule has 3 aromatic carbocycles. The SMILES string of the molecule is CC(C)(C)OC(=O)c1ccc(NC(=O)[C@@H]2c3ccccc3CCN2C(=O)/C=C/c2c(-n3cc(Cl)nn3)ccc(Cl)c2F)cc1. The van der Waals surface area contributed by atoms with Gasteiger partial charge in [-0.05, 0) is 80.8 Å². The quantitative estimate of drug-likeness (QED) is 0.193. The van der Waals surface area contributed by atoms with E-state index in [0.717, 1.165) is 5.56 Å². The van der Waals surface area contributed by atoms with Crippen molar-refractivity contribution in [3.63, 3.8) is 0 Å². The molecule has 0 bridgehead atoms. The number of benzene rings is 3. The number of ether oxygens (including phenoxy) is 1. The second-order valence-electron chi connectivity index (χ2n) is 11.1. The highest BCUT2D eigenvalue weighted by atomic mass is 35.5. The van der Waals surface area contributed by atoms with Gasteiger partial charge in [0.2, 0.25) is 5.91 Å². The van der Waals surface area contributed by atoms with Gasteiger partial charge in [-0.2, -0.15) is 0 Å². The van der Waals surface area contributed by atoms with E-state index in [1.54, 1.807) is 57.2 Å². The Morgan fingerprint density at radius 1 is 1.05 bits per heavy atom. The molecule has 0 unspecified atom stereocenters. The van der Waals surface area contributed by atoms with Crippen molar-refractivity contribution >= 4 is 52.7 Å². The fourth-order valence-electron chi connectivity index (χ4n) is 4.85. The largest absolute Gasteiger partial charge is 0.456 e. The fourth-order valence-corrected chi connectivity index (χ4v) is 5.14. The number of halogens is 3. The van der Waals surface area contributed by atoms with Gasteiger partial charge in [-0.3, -0.25) is 9.59 Å². The highest BCUT2D eigenvalue weighted by Crippen LogP contribution is 2.32. The summed E-state index contributed by atoms with van der Waals surface area (Å²) >= 11 is 11.9. The molecule has 226 valence electrons. The van der Waals surface area contributed by atoms with Crippen molar-refractivity contribution in [2.24, 2.45) is 0 Å². The average Bonchev–Trinajstić information content (AvgIpc) is 3.42. The predicted octanol–water partition coefficient (Wildman–Crippen LogP) is 6.45. The van der Waals surface area contributed by atoms with Crippen LogP contribution in [0.3, 0.4) is 0 Å². The van der Waals surface area contributed by atoms with E-state index in [1.165, 1.54) is 40.1 Å². The molecule has 1 atom stereocenters. The number of nitrogens with one attached hydrogen (secondary N) is 1. The Balaban J connectivity index is 1.41. The minimum Gasteiger partial charge on any atom is -0.456 e. The highest BCUT2D eigenvalue weighted by Gasteiger charge is 2.35. The van der Waals surface area contributed by atoms with Gasteiger partial charge in [0.15, 0.2) is 11.0 Å². The standard InChI is InChI=1S/C32H28Cl2FN5O4/c1-32(2,3)44-31(43)20-8-10-21(11-9-20)36-30(42)29-22-7-5-4-6-19(22)16-17-39(29)27(41)15-12-23-25(14-13-24(33)28(23)35)40-18-26(34)37-38-40/h4-15,18,29H,16-17H2,1-3H3,(H,36,42)/b15-12+/t29-/m0/s1. The third-order valence-electron chi connectivity index (χ3n) is 6.82. The van der Waals surface area contributed by atoms with E-state index in [-0.39, 0.29) is 28.0 Å². The molecule has 0 fully saturated rings. The zero-order chi connectivity index (χ0) is 31.6. The Morgan fingerprint density at radius 3 is 2.45 bits per heavy atom. The number of amides is 2. The van der Waals surface area contributed by atoms with Gasteiger partial charge in [0, 0.05) is 23.9 Å². The van der Waals surface area contributed by atoms with Crippen molar-refractivity contribution in [3.05, 3.63) is 111 Å². The molecule has 9 nitrogen and oxygen atoms in total. The van der Waals surface area contributed by atoms with Gasteiger partial charge in [0.25, 0.3) is 5.91 Å². The zero-order valence-corrected chi connectivity index (χ0v) is 25.6. The zero-order valence-electron chi connectivity index (χ0n) is 24.1. The van der Waals surface area contributed by atoms with Gasteiger partial charge in [0.1, 0.15) is 11.6 Å². The molecule has 1 N–H and O–H groups in total. The Labute approximate surface area is 263 Å². The maximum atomic E-state index is 15.2. The number of hydrogen-bond donors (Lipinski definition) is 1. The molecule has 2 amide bonds. The van der Waals surface area contributed by atoms with Gasteiger partial charge in [-0.25, -0.2) is 13.9 Å². The van der Waals surface area contributed by atoms with Crippen molar-refractivity contribution in [1.29, 1.82) is 0 Å². The first-order valence-corrected chi connectivity index (χ1v) is 14.4. The molecule has 44 heavy (non-hydrogen) atoms. The number of aromatic nitrogens is 3. The lowest BCUT2D eigenvalue weighted by atomic mass is 9.91. The summed E-state index contributed by atoms with van der Waals surface area (Å²) in [4.78, 5) is 41.2. The number of hydrogen-bond acceptors (Lipinski definition) is 6. The smallest absolute Gasteiger partial charge is 0.338 e. The fraction of sp³-hybridized carbons (Fsp3) is 0.219. The molecule has 0 aliphatic carbocycles. The molecule has 0 saturated heterocycles. The van der Waals surface area contributed by atoms with Crippen LogP contribution in [0.15, 0.2) is 72.9 Å². The number of carbonyl (C=O) groups is 3. The van der Waals surface area contributed by atoms with Crippen molar-refractivity contribution in [3.8, 4) is 5.69 Å². The molecular formula is C32H28Cl2FN5O4. The monoisotopic (exact) mass is 635 g/mol. The molecule has 1 aliphatic heterocycles. The van der Waals surface area contributed by atoms with Crippen LogP contribution in [0, 0.1) is 5.82 Å². The number of rotatable bonds is 6. The van der Waals surface area contributed by atoms with E-state index >= 15 is 4.39 Å². The van der Waals surface area contributed by atoms with E-state index in [0.29, 0.717) is 23.2 Å². The molecule has 0 spiro atoms. The maximum Gasteiger partial charge on any atom is 0.338 e. The van der Waals surface area contributed by atoms with Crippen LogP contribution in [0.1, 0.15) is 53.9 Å². The van der Waals surface area contributed by atoms with E-state index in [9.17, 15) is 14.4 Å². The third kappa shape index (κ3) is 6.82. The van der Waals surface area contributed by atoms with Gasteiger partial charge in [-0.15, -0.1) is 5.10 Å². The van der Waals surface area contributed by atoms with Gasteiger partial charge >= 0.3 is 5.97 Å². The first-order valence-electron chi connectivity index (χ1n) is 13.7. The Morgan fingerprint density at radius 2 is 1.77 bits per heavy atom. The maximum absolute atomic E-state index is 15.2. The van der Waals surface area contributed by atoms with E-state index < -0.39 is 35.2 Å². The summed E-state index contributed by atoms with van der Waals surface area (Å²) in [7, 11) is 0. The van der Waals surface area contributed by atoms with Crippen LogP contribution >= 0.6 is 23.2 Å². The topological polar surface area (TPSA) is 106 Å². The van der Waals surface area contributed by atoms with Gasteiger partial charge in [-0.1, -0.05) is 52.7 Å². The second kappa shape index (κ2) is 12.6. The normalized spacial score (nSPS) is 14.8.